The maximum atomic E-state index is 5.97. The first-order chi connectivity index (χ1) is 10.1. The highest BCUT2D eigenvalue weighted by Gasteiger charge is 2.05. The van der Waals surface area contributed by atoms with Gasteiger partial charge in [0.1, 0.15) is 0 Å². The SMILES string of the molecule is Cc1cc(CNc2ccc(Cl)cc2Br)c2ccccc2n1. The van der Waals surface area contributed by atoms with Crippen LogP contribution in [-0.4, -0.2) is 4.98 Å². The Bertz CT molecular complexity index is 802. The van der Waals surface area contributed by atoms with Crippen LogP contribution in [0.1, 0.15) is 11.3 Å². The first kappa shape index (κ1) is 14.4. The van der Waals surface area contributed by atoms with E-state index in [1.54, 1.807) is 0 Å². The van der Waals surface area contributed by atoms with Gasteiger partial charge in [-0.15, -0.1) is 0 Å². The number of nitrogens with zero attached hydrogens (tertiary/aromatic N) is 1. The van der Waals surface area contributed by atoms with Crippen molar-refractivity contribution in [2.75, 3.05) is 5.32 Å². The minimum Gasteiger partial charge on any atom is -0.380 e. The summed E-state index contributed by atoms with van der Waals surface area (Å²) >= 11 is 9.49. The normalized spacial score (nSPS) is 10.8. The molecule has 0 spiro atoms. The Hall–Kier alpha value is -1.58. The van der Waals surface area contributed by atoms with Gasteiger partial charge >= 0.3 is 0 Å². The highest BCUT2D eigenvalue weighted by atomic mass is 79.9. The lowest BCUT2D eigenvalue weighted by atomic mass is 10.1. The van der Waals surface area contributed by atoms with Crippen molar-refractivity contribution < 1.29 is 0 Å². The molecule has 0 saturated carbocycles. The Morgan fingerprint density at radius 1 is 1.14 bits per heavy atom. The smallest absolute Gasteiger partial charge is 0.0708 e. The molecule has 0 aliphatic carbocycles. The van der Waals surface area contributed by atoms with Crippen LogP contribution in [0, 0.1) is 6.92 Å². The van der Waals surface area contributed by atoms with Crippen LogP contribution in [0.2, 0.25) is 5.02 Å². The first-order valence-electron chi connectivity index (χ1n) is 6.68. The fourth-order valence-electron chi connectivity index (χ4n) is 2.36. The molecule has 0 saturated heterocycles. The van der Waals surface area contributed by atoms with E-state index in [-0.39, 0.29) is 0 Å². The molecule has 1 N–H and O–H groups in total. The average molecular weight is 362 g/mol. The fraction of sp³-hybridized carbons (Fsp3) is 0.118. The molecule has 4 heteroatoms. The molecule has 0 amide bonds. The molecule has 21 heavy (non-hydrogen) atoms. The number of anilines is 1. The van der Waals surface area contributed by atoms with Gasteiger partial charge in [0.15, 0.2) is 0 Å². The van der Waals surface area contributed by atoms with Crippen LogP contribution in [0.3, 0.4) is 0 Å². The monoisotopic (exact) mass is 360 g/mol. The van der Waals surface area contributed by atoms with Crippen LogP contribution in [0.15, 0.2) is 53.0 Å². The summed E-state index contributed by atoms with van der Waals surface area (Å²) in [7, 11) is 0. The number of hydrogen-bond acceptors (Lipinski definition) is 2. The zero-order chi connectivity index (χ0) is 14.8. The largest absolute Gasteiger partial charge is 0.380 e. The molecule has 0 aliphatic heterocycles. The minimum atomic E-state index is 0.720. The molecule has 0 unspecified atom stereocenters. The topological polar surface area (TPSA) is 24.9 Å². The molecule has 0 aliphatic rings. The van der Waals surface area contributed by atoms with Crippen molar-refractivity contribution in [2.24, 2.45) is 0 Å². The molecule has 0 atom stereocenters. The molecule has 2 aromatic carbocycles. The molecular weight excluding hydrogens is 348 g/mol. The van der Waals surface area contributed by atoms with Gasteiger partial charge in [0, 0.05) is 32.8 Å². The second-order valence-electron chi connectivity index (χ2n) is 4.92. The molecule has 0 radical (unpaired) electrons. The number of nitrogens with one attached hydrogen (secondary N) is 1. The number of aryl methyl sites for hydroxylation is 1. The summed E-state index contributed by atoms with van der Waals surface area (Å²) in [5, 5.41) is 5.34. The number of rotatable bonds is 3. The van der Waals surface area contributed by atoms with Gasteiger partial charge in [0.2, 0.25) is 0 Å². The summed E-state index contributed by atoms with van der Waals surface area (Å²) in [4.78, 5) is 4.57. The number of fused-ring (bicyclic) bond motifs is 1. The standard InChI is InChI=1S/C17H14BrClN2/c1-11-8-12(14-4-2-3-5-16(14)21-11)10-20-17-7-6-13(19)9-15(17)18/h2-9,20H,10H2,1H3. The number of para-hydroxylation sites is 1. The summed E-state index contributed by atoms with van der Waals surface area (Å²) < 4.78 is 0.963. The fourth-order valence-corrected chi connectivity index (χ4v) is 3.19. The van der Waals surface area contributed by atoms with Crippen LogP contribution < -0.4 is 5.32 Å². The zero-order valence-corrected chi connectivity index (χ0v) is 13.9. The Morgan fingerprint density at radius 3 is 2.76 bits per heavy atom. The summed E-state index contributed by atoms with van der Waals surface area (Å²) in [6.45, 7) is 2.76. The van der Waals surface area contributed by atoms with Crippen molar-refractivity contribution in [3.05, 3.63) is 69.3 Å². The van der Waals surface area contributed by atoms with Gasteiger partial charge in [-0.3, -0.25) is 4.98 Å². The van der Waals surface area contributed by atoms with E-state index in [1.807, 2.05) is 43.3 Å². The van der Waals surface area contributed by atoms with Crippen LogP contribution in [0.5, 0.6) is 0 Å². The van der Waals surface area contributed by atoms with Crippen molar-refractivity contribution in [1.29, 1.82) is 0 Å². The Balaban J connectivity index is 1.91. The van der Waals surface area contributed by atoms with Gasteiger partial charge in [-0.05, 0) is 58.7 Å². The maximum absolute atomic E-state index is 5.97. The Labute approximate surface area is 137 Å². The summed E-state index contributed by atoms with van der Waals surface area (Å²) in [6, 6.07) is 16.1. The van der Waals surface area contributed by atoms with E-state index in [0.29, 0.717) is 0 Å². The van der Waals surface area contributed by atoms with Crippen LogP contribution in [0.4, 0.5) is 5.69 Å². The lowest BCUT2D eigenvalue weighted by Gasteiger charge is -2.12. The van der Waals surface area contributed by atoms with Crippen molar-refractivity contribution >= 4 is 44.1 Å². The van der Waals surface area contributed by atoms with Gasteiger partial charge in [-0.25, -0.2) is 0 Å². The molecule has 0 bridgehead atoms. The molecule has 2 nitrogen and oxygen atoms in total. The molecular formula is C17H14BrClN2. The number of halogens is 2. The zero-order valence-electron chi connectivity index (χ0n) is 11.5. The van der Waals surface area contributed by atoms with Gasteiger partial charge in [-0.2, -0.15) is 0 Å². The molecule has 3 rings (SSSR count). The van der Waals surface area contributed by atoms with Crippen LogP contribution in [-0.2, 0) is 6.54 Å². The highest BCUT2D eigenvalue weighted by molar-refractivity contribution is 9.10. The van der Waals surface area contributed by atoms with Gasteiger partial charge in [-0.1, -0.05) is 29.8 Å². The maximum Gasteiger partial charge on any atom is 0.0708 e. The second kappa shape index (κ2) is 6.04. The highest BCUT2D eigenvalue weighted by Crippen LogP contribution is 2.27. The van der Waals surface area contributed by atoms with Crippen molar-refractivity contribution in [3.8, 4) is 0 Å². The van der Waals surface area contributed by atoms with E-state index in [9.17, 15) is 0 Å². The number of pyridine rings is 1. The lowest BCUT2D eigenvalue weighted by molar-refractivity contribution is 1.13. The van der Waals surface area contributed by atoms with E-state index in [1.165, 1.54) is 10.9 Å². The summed E-state index contributed by atoms with van der Waals surface area (Å²) in [5.41, 5.74) is 4.32. The molecule has 0 fully saturated rings. The van der Waals surface area contributed by atoms with Crippen LogP contribution in [0.25, 0.3) is 10.9 Å². The van der Waals surface area contributed by atoms with E-state index >= 15 is 0 Å². The van der Waals surface area contributed by atoms with Gasteiger partial charge in [0.25, 0.3) is 0 Å². The quantitative estimate of drug-likeness (QED) is 0.659. The molecule has 106 valence electrons. The van der Waals surface area contributed by atoms with Crippen LogP contribution >= 0.6 is 27.5 Å². The second-order valence-corrected chi connectivity index (χ2v) is 6.21. The van der Waals surface area contributed by atoms with Crippen molar-refractivity contribution in [2.45, 2.75) is 13.5 Å². The average Bonchev–Trinajstić information content (AvgIpc) is 2.46. The van der Waals surface area contributed by atoms with E-state index in [0.717, 1.165) is 32.9 Å². The van der Waals surface area contributed by atoms with E-state index in [2.05, 4.69) is 38.4 Å². The van der Waals surface area contributed by atoms with Crippen molar-refractivity contribution in [1.82, 2.24) is 4.98 Å². The lowest BCUT2D eigenvalue weighted by Crippen LogP contribution is -2.02. The predicted octanol–water partition coefficient (Wildman–Crippen LogP) is 5.57. The summed E-state index contributed by atoms with van der Waals surface area (Å²) in [6.07, 6.45) is 0. The molecule has 3 aromatic rings. The molecule has 1 heterocycles. The number of hydrogen-bond donors (Lipinski definition) is 1. The third-order valence-corrected chi connectivity index (χ3v) is 4.22. The third-order valence-electron chi connectivity index (χ3n) is 3.33. The van der Waals surface area contributed by atoms with Crippen molar-refractivity contribution in [3.63, 3.8) is 0 Å². The van der Waals surface area contributed by atoms with E-state index < -0.39 is 0 Å². The number of aromatic nitrogens is 1. The van der Waals surface area contributed by atoms with Gasteiger partial charge in [0.05, 0.1) is 5.52 Å². The predicted molar refractivity (Wildman–Crippen MR) is 93.0 cm³/mol. The Kier molecular flexibility index (Phi) is 4.13. The molecule has 1 aromatic heterocycles. The number of benzene rings is 2. The summed E-state index contributed by atoms with van der Waals surface area (Å²) in [5.74, 6) is 0. The minimum absolute atomic E-state index is 0.720. The first-order valence-corrected chi connectivity index (χ1v) is 7.85. The van der Waals surface area contributed by atoms with E-state index in [4.69, 9.17) is 11.6 Å². The third kappa shape index (κ3) is 3.20. The Morgan fingerprint density at radius 2 is 1.95 bits per heavy atom. The van der Waals surface area contributed by atoms with Gasteiger partial charge < -0.3 is 5.32 Å².